The largest absolute Gasteiger partial charge is 0.397 e. The summed E-state index contributed by atoms with van der Waals surface area (Å²) in [5.41, 5.74) is 0. The fourth-order valence-corrected chi connectivity index (χ4v) is 9.83. The monoisotopic (exact) mass is 1020 g/mol. The number of nitrogens with one attached hydrogen (secondary N) is 1. The van der Waals surface area contributed by atoms with Crippen molar-refractivity contribution in [1.29, 1.82) is 0 Å². The second-order valence-electron chi connectivity index (χ2n) is 20.4. The van der Waals surface area contributed by atoms with Crippen LogP contribution in [0.25, 0.3) is 0 Å². The van der Waals surface area contributed by atoms with Gasteiger partial charge in [0.25, 0.3) is 0 Å². The van der Waals surface area contributed by atoms with E-state index in [9.17, 15) is 38.7 Å². The van der Waals surface area contributed by atoms with E-state index in [1.165, 1.54) is 186 Å². The van der Waals surface area contributed by atoms with Gasteiger partial charge in [0, 0.05) is 0 Å². The molecule has 0 bridgehead atoms. The van der Waals surface area contributed by atoms with Crippen molar-refractivity contribution in [3.8, 4) is 0 Å². The zero-order chi connectivity index (χ0) is 51.3. The number of ether oxygens (including phenoxy) is 2. The van der Waals surface area contributed by atoms with Gasteiger partial charge in [0.1, 0.15) is 30.5 Å². The molecule has 1 aliphatic rings. The number of rotatable bonds is 50. The van der Waals surface area contributed by atoms with E-state index in [1.807, 2.05) is 6.92 Å². The highest BCUT2D eigenvalue weighted by atomic mass is 32.3. The number of allylic oxidation sites excluding steroid dienone is 4. The van der Waals surface area contributed by atoms with E-state index in [0.717, 1.165) is 38.5 Å². The van der Waals surface area contributed by atoms with Crippen molar-refractivity contribution >= 4 is 16.3 Å². The molecule has 0 aromatic carbocycles. The standard InChI is InChI=1S/C56H107NO12S/c1-3-5-7-8-9-10-11-12-13-14-15-16-17-18-19-20-21-22-23-24-25-26-27-28-29-30-31-32-33-34-35-36-37-38-39-40-41-43-45-50(60)55(63)57-48(49(59)44-42-6-4-2)47-67-56-53(62)54(69-70(64,65)66)52(61)51(46-58)68-56/h21-22,24-25,48-54,56,58-62H,3-20,23,26-47H2,1-2H3,(H,57,63)(H,64,65,66)/b22-21-,25-24-. The molecule has 1 aliphatic heterocycles. The number of amides is 1. The molecule has 70 heavy (non-hydrogen) atoms. The predicted octanol–water partition coefficient (Wildman–Crippen LogP) is 12.2. The van der Waals surface area contributed by atoms with Gasteiger partial charge in [0.2, 0.25) is 5.91 Å². The summed E-state index contributed by atoms with van der Waals surface area (Å²) in [7, 11) is -5.10. The Morgan fingerprint density at radius 1 is 0.571 bits per heavy atom. The van der Waals surface area contributed by atoms with Gasteiger partial charge >= 0.3 is 10.4 Å². The highest BCUT2D eigenvalue weighted by Gasteiger charge is 2.48. The van der Waals surface area contributed by atoms with Crippen molar-refractivity contribution in [2.45, 2.75) is 313 Å². The molecule has 414 valence electrons. The van der Waals surface area contributed by atoms with E-state index < -0.39 is 78.5 Å². The van der Waals surface area contributed by atoms with Crippen LogP contribution in [0.3, 0.4) is 0 Å². The molecule has 14 heteroatoms. The minimum atomic E-state index is -5.10. The molecule has 1 heterocycles. The van der Waals surface area contributed by atoms with E-state index in [0.29, 0.717) is 19.3 Å². The molecule has 1 amide bonds. The number of aliphatic hydroxyl groups is 5. The second-order valence-corrected chi connectivity index (χ2v) is 21.4. The molecule has 7 N–H and O–H groups in total. The van der Waals surface area contributed by atoms with Crippen molar-refractivity contribution in [3.63, 3.8) is 0 Å². The molecule has 1 saturated heterocycles. The topological polar surface area (TPSA) is 212 Å². The minimum absolute atomic E-state index is 0.259. The lowest BCUT2D eigenvalue weighted by molar-refractivity contribution is -0.298. The molecule has 0 aromatic rings. The molecule has 0 aromatic heterocycles. The van der Waals surface area contributed by atoms with Crippen LogP contribution in [0.4, 0.5) is 0 Å². The van der Waals surface area contributed by atoms with Crippen molar-refractivity contribution in [1.82, 2.24) is 5.32 Å². The highest BCUT2D eigenvalue weighted by molar-refractivity contribution is 7.80. The van der Waals surface area contributed by atoms with Gasteiger partial charge < -0.3 is 40.3 Å². The van der Waals surface area contributed by atoms with Gasteiger partial charge in [-0.15, -0.1) is 0 Å². The third kappa shape index (κ3) is 37.3. The van der Waals surface area contributed by atoms with Crippen molar-refractivity contribution in [2.75, 3.05) is 13.2 Å². The predicted molar refractivity (Wildman–Crippen MR) is 284 cm³/mol. The van der Waals surface area contributed by atoms with Gasteiger partial charge in [-0.3, -0.25) is 9.35 Å². The number of hydrogen-bond acceptors (Lipinski definition) is 11. The van der Waals surface area contributed by atoms with E-state index in [4.69, 9.17) is 14.0 Å². The quantitative estimate of drug-likeness (QED) is 0.0172. The van der Waals surface area contributed by atoms with Gasteiger partial charge in [-0.1, -0.05) is 244 Å². The first-order valence-corrected chi connectivity index (χ1v) is 30.2. The van der Waals surface area contributed by atoms with E-state index in [-0.39, 0.29) is 6.42 Å². The van der Waals surface area contributed by atoms with Crippen LogP contribution in [0, 0.1) is 0 Å². The normalized spacial score (nSPS) is 20.1. The summed E-state index contributed by atoms with van der Waals surface area (Å²) in [6.07, 6.45) is 45.6. The van der Waals surface area contributed by atoms with Gasteiger partial charge in [-0.2, -0.15) is 8.42 Å². The first kappa shape index (κ1) is 66.6. The Hall–Kier alpha value is -1.46. The maximum atomic E-state index is 13.0. The molecular weight excluding hydrogens is 911 g/mol. The Morgan fingerprint density at radius 3 is 1.37 bits per heavy atom. The van der Waals surface area contributed by atoms with Crippen LogP contribution >= 0.6 is 0 Å². The van der Waals surface area contributed by atoms with Crippen LogP contribution in [0.15, 0.2) is 24.3 Å². The van der Waals surface area contributed by atoms with E-state index in [1.54, 1.807) is 0 Å². The van der Waals surface area contributed by atoms with E-state index in [2.05, 4.69) is 40.7 Å². The molecule has 1 rings (SSSR count). The smallest absolute Gasteiger partial charge is 0.394 e. The Labute approximate surface area is 427 Å². The molecule has 8 atom stereocenters. The number of carbonyl (C=O) groups is 1. The summed E-state index contributed by atoms with van der Waals surface area (Å²) in [4.78, 5) is 13.0. The van der Waals surface area contributed by atoms with Gasteiger partial charge in [-0.25, -0.2) is 4.18 Å². The molecule has 8 unspecified atom stereocenters. The molecule has 0 aliphatic carbocycles. The van der Waals surface area contributed by atoms with Crippen molar-refractivity contribution < 1.29 is 57.0 Å². The summed E-state index contributed by atoms with van der Waals surface area (Å²) < 4.78 is 47.2. The molecule has 13 nitrogen and oxygen atoms in total. The fraction of sp³-hybridized carbons (Fsp3) is 0.911. The minimum Gasteiger partial charge on any atom is -0.394 e. The lowest BCUT2D eigenvalue weighted by Crippen LogP contribution is -2.61. The van der Waals surface area contributed by atoms with E-state index >= 15 is 0 Å². The summed E-state index contributed by atoms with van der Waals surface area (Å²) in [5, 5.41) is 54.7. The molecule has 0 radical (unpaired) electrons. The van der Waals surface area contributed by atoms with Crippen LogP contribution in [-0.4, -0.2) is 107 Å². The molecular formula is C56H107NO12S. The Balaban J connectivity index is 2.02. The first-order valence-electron chi connectivity index (χ1n) is 28.8. The van der Waals surface area contributed by atoms with Gasteiger partial charge in [0.15, 0.2) is 6.29 Å². The van der Waals surface area contributed by atoms with Crippen LogP contribution in [0.5, 0.6) is 0 Å². The number of unbranched alkanes of at least 4 members (excludes halogenated alkanes) is 33. The van der Waals surface area contributed by atoms with Gasteiger partial charge in [-0.05, 0) is 44.9 Å². The zero-order valence-electron chi connectivity index (χ0n) is 44.5. The average Bonchev–Trinajstić information content (AvgIpc) is 3.33. The highest BCUT2D eigenvalue weighted by Crippen LogP contribution is 2.26. The van der Waals surface area contributed by atoms with Crippen LogP contribution in [-0.2, 0) is 28.9 Å². The maximum absolute atomic E-state index is 13.0. The van der Waals surface area contributed by atoms with Crippen molar-refractivity contribution in [2.24, 2.45) is 0 Å². The molecule has 1 fully saturated rings. The summed E-state index contributed by atoms with van der Waals surface area (Å²) >= 11 is 0. The number of hydrogen-bond donors (Lipinski definition) is 7. The van der Waals surface area contributed by atoms with Crippen LogP contribution in [0.1, 0.15) is 264 Å². The number of carbonyl (C=O) groups excluding carboxylic acids is 1. The third-order valence-electron chi connectivity index (χ3n) is 13.9. The Kier molecular flexibility index (Phi) is 43.8. The van der Waals surface area contributed by atoms with Crippen LogP contribution < -0.4 is 5.32 Å². The second kappa shape index (κ2) is 46.1. The van der Waals surface area contributed by atoms with Gasteiger partial charge in [0.05, 0.1) is 25.4 Å². The lowest BCUT2D eigenvalue weighted by Gasteiger charge is -2.41. The summed E-state index contributed by atoms with van der Waals surface area (Å²) in [6, 6.07) is -1.03. The summed E-state index contributed by atoms with van der Waals surface area (Å²) in [5.74, 6) is -0.679. The Morgan fingerprint density at radius 2 is 0.957 bits per heavy atom. The Bertz CT molecular complexity index is 1350. The molecule has 0 saturated carbocycles. The zero-order valence-corrected chi connectivity index (χ0v) is 45.3. The number of aliphatic hydroxyl groups excluding tert-OH is 5. The fourth-order valence-electron chi connectivity index (χ4n) is 9.32. The molecule has 0 spiro atoms. The first-order chi connectivity index (χ1) is 33.9. The lowest BCUT2D eigenvalue weighted by atomic mass is 9.99. The van der Waals surface area contributed by atoms with Crippen molar-refractivity contribution in [3.05, 3.63) is 24.3 Å². The van der Waals surface area contributed by atoms with Crippen LogP contribution in [0.2, 0.25) is 0 Å². The maximum Gasteiger partial charge on any atom is 0.397 e. The average molecular weight is 1020 g/mol. The summed E-state index contributed by atoms with van der Waals surface area (Å²) in [6.45, 7) is 3.09. The SMILES string of the molecule is CCCCCCCCCCCCCCCCC/C=C\C/C=C\CCCCCCCCCCCCCCCCCCC(O)C(=O)NC(COC1OC(CO)C(O)C(OS(=O)(=O)O)C1O)C(O)CCCCC. The third-order valence-corrected chi connectivity index (χ3v) is 14.3.